The highest BCUT2D eigenvalue weighted by molar-refractivity contribution is 5.96. The van der Waals surface area contributed by atoms with Crippen molar-refractivity contribution in [1.29, 1.82) is 0 Å². The lowest BCUT2D eigenvalue weighted by atomic mass is 10.1. The van der Waals surface area contributed by atoms with Crippen molar-refractivity contribution in [1.82, 2.24) is 14.4 Å². The lowest BCUT2D eigenvalue weighted by molar-refractivity contribution is 0.155. The zero-order valence-electron chi connectivity index (χ0n) is 14.9. The fourth-order valence-electron chi connectivity index (χ4n) is 3.13. The van der Waals surface area contributed by atoms with Crippen molar-refractivity contribution in [3.63, 3.8) is 0 Å². The number of hydrogen-bond acceptors (Lipinski definition) is 3. The first-order valence-corrected chi connectivity index (χ1v) is 8.68. The molecule has 0 spiro atoms. The molecule has 0 aliphatic rings. The topological polar surface area (TPSA) is 53.4 Å². The monoisotopic (exact) mass is 330 g/mol. The number of hydrogen-bond donors (Lipinski definition) is 1. The van der Waals surface area contributed by atoms with Crippen molar-refractivity contribution < 1.29 is 9.90 Å². The van der Waals surface area contributed by atoms with Crippen LogP contribution in [0.1, 0.15) is 26.7 Å². The molecule has 1 aromatic carbocycles. The molecule has 0 radical (unpaired) electrons. The van der Waals surface area contributed by atoms with Gasteiger partial charge in [0.05, 0.1) is 24.5 Å². The van der Waals surface area contributed by atoms with Crippen LogP contribution in [0, 0.1) is 0 Å². The third-order valence-electron chi connectivity index (χ3n) is 4.80. The van der Waals surface area contributed by atoms with Crippen LogP contribution in [0.15, 0.2) is 36.5 Å². The number of rotatable bonds is 8. The number of quaternary nitrogens is 1. The van der Waals surface area contributed by atoms with E-state index in [1.807, 2.05) is 30.3 Å². The quantitative estimate of drug-likeness (QED) is 0.588. The summed E-state index contributed by atoms with van der Waals surface area (Å²) in [5.74, 6) is 0. The van der Waals surface area contributed by atoms with Gasteiger partial charge in [-0.2, -0.15) is 9.28 Å². The minimum atomic E-state index is -0.825. The predicted octanol–water partition coefficient (Wildman–Crippen LogP) is 3.97. The van der Waals surface area contributed by atoms with Crippen LogP contribution in [0.3, 0.4) is 0 Å². The van der Waals surface area contributed by atoms with Crippen LogP contribution in [0.2, 0.25) is 0 Å². The summed E-state index contributed by atoms with van der Waals surface area (Å²) in [4.78, 5) is 18.8. The van der Waals surface area contributed by atoms with Crippen LogP contribution in [-0.4, -0.2) is 54.3 Å². The molecule has 1 atom stereocenters. The Bertz CT molecular complexity index is 680. The molecule has 5 heteroatoms. The Balaban J connectivity index is 2.19. The van der Waals surface area contributed by atoms with Crippen LogP contribution < -0.4 is 4.48 Å². The zero-order chi connectivity index (χ0) is 17.6. The highest BCUT2D eigenvalue weighted by Gasteiger charge is 2.35. The number of carbonyl (C=O) groups is 1. The molecule has 1 heterocycles. The number of nitrogens with zero attached hydrogens (tertiary/aromatic N) is 3. The molecule has 1 N–H and O–H groups in total. The van der Waals surface area contributed by atoms with Gasteiger partial charge >= 0.3 is 6.09 Å². The molecule has 1 unspecified atom stereocenters. The van der Waals surface area contributed by atoms with E-state index in [1.54, 1.807) is 13.2 Å². The van der Waals surface area contributed by atoms with Crippen LogP contribution in [-0.2, 0) is 0 Å². The average Bonchev–Trinajstić information content (AvgIpc) is 2.61. The first-order chi connectivity index (χ1) is 11.5. The van der Waals surface area contributed by atoms with Crippen molar-refractivity contribution in [3.8, 4) is 0 Å². The summed E-state index contributed by atoms with van der Waals surface area (Å²) < 4.78 is -0.110. The summed E-state index contributed by atoms with van der Waals surface area (Å²) in [7, 11) is 1.78. The molecule has 1 aromatic heterocycles. The molecule has 2 rings (SSSR count). The van der Waals surface area contributed by atoms with E-state index in [9.17, 15) is 9.90 Å². The second kappa shape index (κ2) is 8.22. The molecule has 24 heavy (non-hydrogen) atoms. The highest BCUT2D eigenvalue weighted by Crippen LogP contribution is 2.30. The van der Waals surface area contributed by atoms with E-state index >= 15 is 0 Å². The van der Waals surface area contributed by atoms with Crippen LogP contribution >= 0.6 is 0 Å². The molecule has 0 saturated carbocycles. The van der Waals surface area contributed by atoms with E-state index in [0.717, 1.165) is 49.1 Å². The normalized spacial score (nSPS) is 14.0. The maximum atomic E-state index is 12.0. The molecule has 0 aliphatic carbocycles. The average molecular weight is 330 g/mol. The third kappa shape index (κ3) is 3.91. The fraction of sp³-hybridized carbons (Fsp3) is 0.474. The molecule has 0 bridgehead atoms. The molecule has 2 aromatic rings. The minimum absolute atomic E-state index is 0.110. The standard InChI is InChI=1S/C19H27N3O2/c1-4-21(5-2)14-8-9-15-22(3,19(23)24)18-12-13-20-17-11-7-6-10-16(17)18/h6-7,10-13H,4-5,8-9,14-15H2,1-3H3/p+1. The van der Waals surface area contributed by atoms with Gasteiger partial charge in [-0.25, -0.2) is 0 Å². The predicted molar refractivity (Wildman–Crippen MR) is 99.4 cm³/mol. The second-order valence-corrected chi connectivity index (χ2v) is 6.28. The second-order valence-electron chi connectivity index (χ2n) is 6.28. The highest BCUT2D eigenvalue weighted by atomic mass is 16.4. The number of para-hydroxylation sites is 1. The van der Waals surface area contributed by atoms with Gasteiger partial charge in [0, 0.05) is 12.3 Å². The summed E-state index contributed by atoms with van der Waals surface area (Å²) in [6, 6.07) is 9.56. The van der Waals surface area contributed by atoms with Crippen molar-refractivity contribution in [2.75, 3.05) is 33.2 Å². The Morgan fingerprint density at radius 3 is 2.54 bits per heavy atom. The molecular weight excluding hydrogens is 302 g/mol. The Morgan fingerprint density at radius 1 is 1.17 bits per heavy atom. The van der Waals surface area contributed by atoms with Gasteiger partial charge in [-0.15, -0.1) is 0 Å². The molecule has 5 nitrogen and oxygen atoms in total. The lowest BCUT2D eigenvalue weighted by Gasteiger charge is -2.29. The van der Waals surface area contributed by atoms with Crippen LogP contribution in [0.25, 0.3) is 10.9 Å². The van der Waals surface area contributed by atoms with Crippen molar-refractivity contribution in [2.24, 2.45) is 0 Å². The van der Waals surface area contributed by atoms with E-state index in [0.29, 0.717) is 6.54 Å². The van der Waals surface area contributed by atoms with E-state index in [2.05, 4.69) is 23.7 Å². The summed E-state index contributed by atoms with van der Waals surface area (Å²) in [5, 5.41) is 10.8. The first kappa shape index (κ1) is 18.4. The Hall–Kier alpha value is -1.98. The maximum absolute atomic E-state index is 12.0. The van der Waals surface area contributed by atoms with Crippen LogP contribution in [0.5, 0.6) is 0 Å². The smallest absolute Gasteiger partial charge is 0.435 e. The van der Waals surface area contributed by atoms with Gasteiger partial charge in [-0.05, 0) is 44.6 Å². The summed E-state index contributed by atoms with van der Waals surface area (Å²) >= 11 is 0. The van der Waals surface area contributed by atoms with Gasteiger partial charge in [0.2, 0.25) is 0 Å². The summed E-state index contributed by atoms with van der Waals surface area (Å²) in [6.07, 6.45) is 2.75. The van der Waals surface area contributed by atoms with Crippen molar-refractivity contribution in [2.45, 2.75) is 26.7 Å². The van der Waals surface area contributed by atoms with Gasteiger partial charge in [-0.3, -0.25) is 4.98 Å². The molecule has 130 valence electrons. The SMILES string of the molecule is CCN(CC)CCCC[N+](C)(C(=O)O)c1ccnc2ccccc12. The van der Waals surface area contributed by atoms with E-state index in [1.165, 1.54) is 0 Å². The zero-order valence-corrected chi connectivity index (χ0v) is 14.9. The number of carboxylic acid groups (broad SMARTS) is 1. The Morgan fingerprint density at radius 2 is 1.88 bits per heavy atom. The third-order valence-corrected chi connectivity index (χ3v) is 4.80. The molecule has 0 saturated heterocycles. The molecular formula is C19H28N3O2+. The Kier molecular flexibility index (Phi) is 6.29. The van der Waals surface area contributed by atoms with Crippen molar-refractivity contribution in [3.05, 3.63) is 36.5 Å². The maximum Gasteiger partial charge on any atom is 0.518 e. The van der Waals surface area contributed by atoms with E-state index in [-0.39, 0.29) is 4.48 Å². The van der Waals surface area contributed by atoms with Gasteiger partial charge in [0.15, 0.2) is 5.69 Å². The largest absolute Gasteiger partial charge is 0.518 e. The van der Waals surface area contributed by atoms with E-state index < -0.39 is 6.09 Å². The first-order valence-electron chi connectivity index (χ1n) is 8.68. The number of fused-ring (bicyclic) bond motifs is 1. The minimum Gasteiger partial charge on any atom is -0.435 e. The van der Waals surface area contributed by atoms with Gasteiger partial charge in [0.25, 0.3) is 0 Å². The van der Waals surface area contributed by atoms with E-state index in [4.69, 9.17) is 0 Å². The molecule has 0 fully saturated rings. The number of aromatic nitrogens is 1. The number of pyridine rings is 1. The Labute approximate surface area is 144 Å². The van der Waals surface area contributed by atoms with Crippen LogP contribution in [0.4, 0.5) is 10.5 Å². The van der Waals surface area contributed by atoms with Gasteiger partial charge in [0.1, 0.15) is 0 Å². The number of unbranched alkanes of at least 4 members (excludes halogenated alkanes) is 1. The van der Waals surface area contributed by atoms with Crippen molar-refractivity contribution >= 4 is 22.7 Å². The summed E-state index contributed by atoms with van der Waals surface area (Å²) in [5.41, 5.74) is 1.64. The van der Waals surface area contributed by atoms with Gasteiger partial charge in [-0.1, -0.05) is 26.0 Å². The lowest BCUT2D eigenvalue weighted by Crippen LogP contribution is -2.50. The number of amides is 1. The summed E-state index contributed by atoms with van der Waals surface area (Å²) in [6.45, 7) is 7.98. The fourth-order valence-corrected chi connectivity index (χ4v) is 3.13. The molecule has 0 aliphatic heterocycles. The van der Waals surface area contributed by atoms with Gasteiger partial charge < -0.3 is 10.0 Å². The molecule has 1 amide bonds. The number of benzene rings is 1.